The van der Waals surface area contributed by atoms with Crippen molar-refractivity contribution in [2.45, 2.75) is 125 Å². The number of carboxylic acids is 1. The molecule has 0 saturated carbocycles. The second-order valence-corrected chi connectivity index (χ2v) is 10.6. The van der Waals surface area contributed by atoms with Crippen molar-refractivity contribution >= 4 is 5.97 Å². The fourth-order valence-corrected chi connectivity index (χ4v) is 3.90. The summed E-state index contributed by atoms with van der Waals surface area (Å²) in [5, 5.41) is 7.42. The molecule has 1 N–H and O–H groups in total. The van der Waals surface area contributed by atoms with Gasteiger partial charge in [0.25, 0.3) is 29.7 Å². The molecule has 208 valence electrons. The summed E-state index contributed by atoms with van der Waals surface area (Å²) < 4.78 is 100. The quantitative estimate of drug-likeness (QED) is 0.262. The Labute approximate surface area is 199 Å². The van der Waals surface area contributed by atoms with E-state index < -0.39 is 48.9 Å². The van der Waals surface area contributed by atoms with Gasteiger partial charge in [0.1, 0.15) is 0 Å². The van der Waals surface area contributed by atoms with Crippen LogP contribution in [0, 0.1) is 23.7 Å². The summed E-state index contributed by atoms with van der Waals surface area (Å²) in [7, 11) is 0. The Morgan fingerprint density at radius 2 is 0.853 bits per heavy atom. The van der Waals surface area contributed by atoms with Crippen LogP contribution in [0.15, 0.2) is 0 Å². The Morgan fingerprint density at radius 1 is 0.618 bits per heavy atom. The summed E-state index contributed by atoms with van der Waals surface area (Å²) in [6, 6.07) is 0. The first kappa shape index (κ1) is 37.5. The van der Waals surface area contributed by atoms with Crippen LogP contribution in [0.4, 0.5) is 35.1 Å². The Hall–Kier alpha value is -1.09. The van der Waals surface area contributed by atoms with Gasteiger partial charge < -0.3 is 5.11 Å². The third kappa shape index (κ3) is 33.1. The van der Waals surface area contributed by atoms with E-state index in [1.54, 1.807) is 0 Å². The number of hydrogen-bond acceptors (Lipinski definition) is 1. The number of halogens is 8. The van der Waals surface area contributed by atoms with E-state index in [1.165, 1.54) is 19.3 Å². The molecule has 0 aromatic carbocycles. The fraction of sp³-hybridized carbons (Fsp3) is 0.958. The first-order chi connectivity index (χ1) is 14.8. The number of rotatable bonds is 12. The van der Waals surface area contributed by atoms with E-state index in [4.69, 9.17) is 9.90 Å². The number of aliphatic carboxylic acids is 1. The SMILES string of the molecule is CC(=O)O.CC(C)CC(C)CC(C)CC(C)C.CC(F)(F)CC(F)(F)CC(F)(F)CC(C)(F)F. The summed E-state index contributed by atoms with van der Waals surface area (Å²) in [6.07, 6.45) is -2.30. The Morgan fingerprint density at radius 3 is 1.03 bits per heavy atom. The molecule has 0 rings (SSSR count). The molecular weight excluding hydrogens is 472 g/mol. The number of alkyl halides is 8. The van der Waals surface area contributed by atoms with Crippen LogP contribution in [-0.2, 0) is 4.79 Å². The van der Waals surface area contributed by atoms with E-state index in [2.05, 4.69) is 41.5 Å². The molecule has 2 unspecified atom stereocenters. The smallest absolute Gasteiger partial charge is 0.300 e. The van der Waals surface area contributed by atoms with Crippen LogP contribution in [0.5, 0.6) is 0 Å². The molecule has 0 aliphatic heterocycles. The monoisotopic (exact) mass is 516 g/mol. The minimum absolute atomic E-state index is 0.146. The lowest BCUT2D eigenvalue weighted by Crippen LogP contribution is -2.36. The van der Waals surface area contributed by atoms with Crippen LogP contribution in [0.25, 0.3) is 0 Å². The highest BCUT2D eigenvalue weighted by atomic mass is 19.3. The Kier molecular flexibility index (Phi) is 17.4. The molecule has 10 heteroatoms. The van der Waals surface area contributed by atoms with E-state index in [-0.39, 0.29) is 13.8 Å². The molecule has 34 heavy (non-hydrogen) atoms. The molecule has 0 heterocycles. The Bertz CT molecular complexity index is 494. The van der Waals surface area contributed by atoms with Crippen molar-refractivity contribution in [3.63, 3.8) is 0 Å². The fourth-order valence-electron chi connectivity index (χ4n) is 3.90. The van der Waals surface area contributed by atoms with Crippen molar-refractivity contribution in [2.24, 2.45) is 23.7 Å². The third-order valence-corrected chi connectivity index (χ3v) is 4.21. The van der Waals surface area contributed by atoms with E-state index in [0.29, 0.717) is 0 Å². The van der Waals surface area contributed by atoms with Crippen molar-refractivity contribution in [1.29, 1.82) is 0 Å². The van der Waals surface area contributed by atoms with Crippen molar-refractivity contribution in [3.05, 3.63) is 0 Å². The van der Waals surface area contributed by atoms with E-state index >= 15 is 0 Å². The first-order valence-corrected chi connectivity index (χ1v) is 11.5. The molecule has 2 atom stereocenters. The zero-order valence-electron chi connectivity index (χ0n) is 21.9. The van der Waals surface area contributed by atoms with Gasteiger partial charge in [-0.25, -0.2) is 35.1 Å². The van der Waals surface area contributed by atoms with E-state index in [9.17, 15) is 35.1 Å². The zero-order chi connectivity index (χ0) is 28.1. The van der Waals surface area contributed by atoms with Gasteiger partial charge in [0.05, 0.1) is 19.3 Å². The average molecular weight is 517 g/mol. The van der Waals surface area contributed by atoms with Gasteiger partial charge in [-0.2, -0.15) is 0 Å². The maximum absolute atomic E-state index is 12.8. The van der Waals surface area contributed by atoms with Crippen molar-refractivity contribution in [1.82, 2.24) is 0 Å². The van der Waals surface area contributed by atoms with Crippen molar-refractivity contribution < 1.29 is 45.0 Å². The summed E-state index contributed by atoms with van der Waals surface area (Å²) in [6.45, 7) is 15.5. The predicted octanol–water partition coefficient (Wildman–Crippen LogP) is 9.57. The summed E-state index contributed by atoms with van der Waals surface area (Å²) in [5.74, 6) is -13.8. The standard InChI is InChI=1S/C13H28.C9H12F8.C2H4O2/c1-10(2)7-12(5)9-13(6)8-11(3)4;1-6(10,11)3-8(14,15)5-9(16,17)4-7(2,12)13;1-2(3)4/h10-13H,7-9H2,1-6H3;3-5H2,1-2H3;1H3,(H,3,4). The molecule has 0 aliphatic rings. The summed E-state index contributed by atoms with van der Waals surface area (Å²) in [5.41, 5.74) is 0. The highest BCUT2D eigenvalue weighted by Gasteiger charge is 2.50. The van der Waals surface area contributed by atoms with Crippen LogP contribution >= 0.6 is 0 Å². The van der Waals surface area contributed by atoms with E-state index in [0.717, 1.165) is 30.6 Å². The normalized spacial score (nSPS) is 14.7. The lowest BCUT2D eigenvalue weighted by atomic mass is 9.86. The topological polar surface area (TPSA) is 37.3 Å². The average Bonchev–Trinajstić information content (AvgIpc) is 2.36. The number of hydrogen-bond donors (Lipinski definition) is 1. The Balaban J connectivity index is -0.000000500. The van der Waals surface area contributed by atoms with Gasteiger partial charge in [0.2, 0.25) is 0 Å². The van der Waals surface area contributed by atoms with Crippen molar-refractivity contribution in [3.8, 4) is 0 Å². The van der Waals surface area contributed by atoms with Crippen LogP contribution in [-0.4, -0.2) is 34.8 Å². The maximum Gasteiger partial charge on any atom is 0.300 e. The van der Waals surface area contributed by atoms with Gasteiger partial charge in [-0.1, -0.05) is 41.5 Å². The minimum Gasteiger partial charge on any atom is -0.481 e. The largest absolute Gasteiger partial charge is 0.481 e. The predicted molar refractivity (Wildman–Crippen MR) is 120 cm³/mol. The van der Waals surface area contributed by atoms with Crippen LogP contribution in [0.2, 0.25) is 0 Å². The van der Waals surface area contributed by atoms with Gasteiger partial charge in [0.15, 0.2) is 0 Å². The van der Waals surface area contributed by atoms with Gasteiger partial charge in [-0.15, -0.1) is 0 Å². The summed E-state index contributed by atoms with van der Waals surface area (Å²) >= 11 is 0. The van der Waals surface area contributed by atoms with Gasteiger partial charge in [0, 0.05) is 6.92 Å². The van der Waals surface area contributed by atoms with Gasteiger partial charge in [-0.3, -0.25) is 4.79 Å². The second kappa shape index (κ2) is 15.8. The molecule has 0 radical (unpaired) electrons. The molecule has 0 amide bonds. The molecule has 0 bridgehead atoms. The minimum atomic E-state index is -4.40. The molecule has 0 spiro atoms. The van der Waals surface area contributed by atoms with Crippen LogP contribution in [0.1, 0.15) is 101 Å². The van der Waals surface area contributed by atoms with Crippen molar-refractivity contribution in [2.75, 3.05) is 0 Å². The van der Waals surface area contributed by atoms with Crippen LogP contribution in [0.3, 0.4) is 0 Å². The van der Waals surface area contributed by atoms with Gasteiger partial charge in [-0.05, 0) is 56.8 Å². The van der Waals surface area contributed by atoms with Crippen LogP contribution < -0.4 is 0 Å². The highest BCUT2D eigenvalue weighted by Crippen LogP contribution is 2.42. The molecule has 0 fully saturated rings. The number of carboxylic acid groups (broad SMARTS) is 1. The lowest BCUT2D eigenvalue weighted by molar-refractivity contribution is -0.173. The highest BCUT2D eigenvalue weighted by molar-refractivity contribution is 5.62. The molecule has 0 aromatic heterocycles. The lowest BCUT2D eigenvalue weighted by Gasteiger charge is -2.26. The van der Waals surface area contributed by atoms with Gasteiger partial charge >= 0.3 is 0 Å². The maximum atomic E-state index is 12.8. The van der Waals surface area contributed by atoms with E-state index in [1.807, 2.05) is 0 Å². The molecule has 0 aliphatic carbocycles. The third-order valence-electron chi connectivity index (χ3n) is 4.21. The molecule has 2 nitrogen and oxygen atoms in total. The summed E-state index contributed by atoms with van der Waals surface area (Å²) in [4.78, 5) is 9.00. The number of carbonyl (C=O) groups is 1. The first-order valence-electron chi connectivity index (χ1n) is 11.5. The second-order valence-electron chi connectivity index (χ2n) is 10.6. The molecule has 0 saturated heterocycles. The zero-order valence-corrected chi connectivity index (χ0v) is 21.9. The molecule has 0 aromatic rings. The molecular formula is C24H44F8O2.